The lowest BCUT2D eigenvalue weighted by molar-refractivity contribution is -0.126. The summed E-state index contributed by atoms with van der Waals surface area (Å²) in [6.07, 6.45) is 14.5. The summed E-state index contributed by atoms with van der Waals surface area (Å²) in [5.41, 5.74) is 0. The molecular weight excluding hydrogens is 338 g/mol. The number of likely N-dealkylation sites (N-methyl/N-ethyl adjacent to an activating group) is 1. The van der Waals surface area contributed by atoms with Gasteiger partial charge in [-0.1, -0.05) is 71.6 Å². The lowest BCUT2D eigenvalue weighted by Crippen LogP contribution is -2.37. The SMILES string of the molecule is CCN(CC)CCNC(=O)CCC(=O)NC1CCCCCCCCCCC1. The predicted molar refractivity (Wildman–Crippen MR) is 113 cm³/mol. The van der Waals surface area contributed by atoms with Gasteiger partial charge >= 0.3 is 0 Å². The third-order valence-electron chi connectivity index (χ3n) is 5.69. The Morgan fingerprint density at radius 3 is 1.78 bits per heavy atom. The highest BCUT2D eigenvalue weighted by molar-refractivity contribution is 5.83. The summed E-state index contributed by atoms with van der Waals surface area (Å²) in [4.78, 5) is 26.5. The fraction of sp³-hybridized carbons (Fsp3) is 0.909. The summed E-state index contributed by atoms with van der Waals surface area (Å²) in [5, 5.41) is 6.12. The van der Waals surface area contributed by atoms with E-state index in [1.807, 2.05) is 0 Å². The number of amides is 2. The van der Waals surface area contributed by atoms with E-state index in [2.05, 4.69) is 29.4 Å². The average Bonchev–Trinajstić information content (AvgIpc) is 2.66. The van der Waals surface area contributed by atoms with Crippen molar-refractivity contribution in [2.24, 2.45) is 0 Å². The molecule has 0 atom stereocenters. The van der Waals surface area contributed by atoms with E-state index in [9.17, 15) is 9.59 Å². The summed E-state index contributed by atoms with van der Waals surface area (Å²) in [6, 6.07) is 0.294. The second-order valence-electron chi connectivity index (χ2n) is 7.90. The number of rotatable bonds is 9. The number of nitrogens with one attached hydrogen (secondary N) is 2. The molecule has 1 rings (SSSR count). The first-order valence-electron chi connectivity index (χ1n) is 11.4. The third-order valence-corrected chi connectivity index (χ3v) is 5.69. The first-order valence-corrected chi connectivity index (χ1v) is 11.4. The Morgan fingerprint density at radius 1 is 0.778 bits per heavy atom. The summed E-state index contributed by atoms with van der Waals surface area (Å²) in [6.45, 7) is 7.76. The van der Waals surface area contributed by atoms with E-state index in [0.29, 0.717) is 19.0 Å². The lowest BCUT2D eigenvalue weighted by atomic mass is 9.98. The molecule has 27 heavy (non-hydrogen) atoms. The first kappa shape index (κ1) is 23.9. The van der Waals surface area contributed by atoms with Crippen LogP contribution in [0.4, 0.5) is 0 Å². The normalized spacial score (nSPS) is 17.7. The van der Waals surface area contributed by atoms with Gasteiger partial charge in [-0.05, 0) is 25.9 Å². The predicted octanol–water partition coefficient (Wildman–Crippen LogP) is 4.01. The van der Waals surface area contributed by atoms with Crippen LogP contribution < -0.4 is 10.6 Å². The Bertz CT molecular complexity index is 385. The van der Waals surface area contributed by atoms with Crippen LogP contribution in [-0.2, 0) is 9.59 Å². The van der Waals surface area contributed by atoms with Crippen molar-refractivity contribution in [3.8, 4) is 0 Å². The van der Waals surface area contributed by atoms with E-state index in [1.54, 1.807) is 0 Å². The topological polar surface area (TPSA) is 61.4 Å². The molecule has 1 saturated carbocycles. The number of hydrogen-bond acceptors (Lipinski definition) is 3. The van der Waals surface area contributed by atoms with E-state index in [-0.39, 0.29) is 18.2 Å². The van der Waals surface area contributed by atoms with Gasteiger partial charge in [-0.2, -0.15) is 0 Å². The minimum Gasteiger partial charge on any atom is -0.355 e. The van der Waals surface area contributed by atoms with E-state index in [0.717, 1.165) is 32.5 Å². The van der Waals surface area contributed by atoms with Gasteiger partial charge in [0.05, 0.1) is 0 Å². The molecule has 0 radical (unpaired) electrons. The van der Waals surface area contributed by atoms with Crippen molar-refractivity contribution in [1.82, 2.24) is 15.5 Å². The van der Waals surface area contributed by atoms with Crippen LogP contribution in [0.3, 0.4) is 0 Å². The lowest BCUT2D eigenvalue weighted by Gasteiger charge is -2.20. The van der Waals surface area contributed by atoms with Crippen LogP contribution >= 0.6 is 0 Å². The first-order chi connectivity index (χ1) is 13.2. The molecule has 0 aromatic rings. The quantitative estimate of drug-likeness (QED) is 0.634. The van der Waals surface area contributed by atoms with Crippen LogP contribution in [0, 0.1) is 0 Å². The van der Waals surface area contributed by atoms with Crippen molar-refractivity contribution in [2.75, 3.05) is 26.2 Å². The Balaban J connectivity index is 2.22. The molecular formula is C22H43N3O2. The number of hydrogen-bond donors (Lipinski definition) is 2. The van der Waals surface area contributed by atoms with Gasteiger partial charge in [-0.25, -0.2) is 0 Å². The van der Waals surface area contributed by atoms with Gasteiger partial charge < -0.3 is 15.5 Å². The van der Waals surface area contributed by atoms with Crippen molar-refractivity contribution in [2.45, 2.75) is 103 Å². The molecule has 0 aromatic heterocycles. The molecule has 0 heterocycles. The highest BCUT2D eigenvalue weighted by Crippen LogP contribution is 2.17. The number of carbonyl (C=O) groups excluding carboxylic acids is 2. The van der Waals surface area contributed by atoms with Crippen molar-refractivity contribution in [3.05, 3.63) is 0 Å². The van der Waals surface area contributed by atoms with E-state index < -0.39 is 0 Å². The van der Waals surface area contributed by atoms with Gasteiger partial charge in [0.2, 0.25) is 11.8 Å². The minimum atomic E-state index is -0.0176. The maximum atomic E-state index is 12.3. The van der Waals surface area contributed by atoms with Gasteiger partial charge in [0.1, 0.15) is 0 Å². The molecule has 2 amide bonds. The maximum absolute atomic E-state index is 12.3. The molecule has 0 spiro atoms. The Morgan fingerprint density at radius 2 is 1.26 bits per heavy atom. The molecule has 5 nitrogen and oxygen atoms in total. The van der Waals surface area contributed by atoms with Crippen LogP contribution in [-0.4, -0.2) is 48.9 Å². The Labute approximate surface area is 167 Å². The zero-order valence-electron chi connectivity index (χ0n) is 17.9. The van der Waals surface area contributed by atoms with Gasteiger partial charge in [-0.3, -0.25) is 9.59 Å². The second-order valence-corrected chi connectivity index (χ2v) is 7.90. The zero-order valence-corrected chi connectivity index (χ0v) is 17.9. The summed E-state index contributed by atoms with van der Waals surface area (Å²) in [7, 11) is 0. The van der Waals surface area contributed by atoms with Crippen LogP contribution in [0.2, 0.25) is 0 Å². The van der Waals surface area contributed by atoms with Crippen molar-refractivity contribution in [1.29, 1.82) is 0 Å². The molecule has 2 N–H and O–H groups in total. The van der Waals surface area contributed by atoms with Crippen LogP contribution in [0.1, 0.15) is 97.3 Å². The Kier molecular flexibility index (Phi) is 14.1. The molecule has 1 fully saturated rings. The number of carbonyl (C=O) groups is 2. The fourth-order valence-corrected chi connectivity index (χ4v) is 3.82. The molecule has 0 bridgehead atoms. The van der Waals surface area contributed by atoms with E-state index in [1.165, 1.54) is 57.8 Å². The number of nitrogens with zero attached hydrogens (tertiary/aromatic N) is 1. The molecule has 0 aromatic carbocycles. The fourth-order valence-electron chi connectivity index (χ4n) is 3.82. The maximum Gasteiger partial charge on any atom is 0.220 e. The molecule has 0 unspecified atom stereocenters. The third kappa shape index (κ3) is 12.8. The monoisotopic (exact) mass is 381 g/mol. The van der Waals surface area contributed by atoms with Crippen molar-refractivity contribution >= 4 is 11.8 Å². The highest BCUT2D eigenvalue weighted by atomic mass is 16.2. The minimum absolute atomic E-state index is 0.0176. The van der Waals surface area contributed by atoms with Crippen LogP contribution in [0.15, 0.2) is 0 Å². The van der Waals surface area contributed by atoms with E-state index >= 15 is 0 Å². The van der Waals surface area contributed by atoms with Gasteiger partial charge in [-0.15, -0.1) is 0 Å². The van der Waals surface area contributed by atoms with Gasteiger partial charge in [0, 0.05) is 32.0 Å². The van der Waals surface area contributed by atoms with Gasteiger partial charge in [0.25, 0.3) is 0 Å². The Hall–Kier alpha value is -1.10. The van der Waals surface area contributed by atoms with E-state index in [4.69, 9.17) is 0 Å². The molecule has 1 aliphatic carbocycles. The standard InChI is InChI=1S/C22H43N3O2/c1-3-25(4-2)19-18-23-21(26)16-17-22(27)24-20-14-12-10-8-6-5-7-9-11-13-15-20/h20H,3-19H2,1-2H3,(H,23,26)(H,24,27). The van der Waals surface area contributed by atoms with Crippen molar-refractivity contribution < 1.29 is 9.59 Å². The second kappa shape index (κ2) is 15.9. The average molecular weight is 382 g/mol. The largest absolute Gasteiger partial charge is 0.355 e. The summed E-state index contributed by atoms with van der Waals surface area (Å²) < 4.78 is 0. The van der Waals surface area contributed by atoms with Crippen molar-refractivity contribution in [3.63, 3.8) is 0 Å². The molecule has 5 heteroatoms. The summed E-state index contributed by atoms with van der Waals surface area (Å²) >= 11 is 0. The molecule has 0 saturated heterocycles. The van der Waals surface area contributed by atoms with Crippen LogP contribution in [0.5, 0.6) is 0 Å². The summed E-state index contributed by atoms with van der Waals surface area (Å²) in [5.74, 6) is 0.0157. The van der Waals surface area contributed by atoms with Gasteiger partial charge in [0.15, 0.2) is 0 Å². The highest BCUT2D eigenvalue weighted by Gasteiger charge is 2.14. The van der Waals surface area contributed by atoms with Crippen LogP contribution in [0.25, 0.3) is 0 Å². The zero-order chi connectivity index (χ0) is 19.7. The molecule has 158 valence electrons. The molecule has 0 aliphatic heterocycles. The smallest absolute Gasteiger partial charge is 0.220 e. The molecule has 1 aliphatic rings.